The normalized spacial score (nSPS) is 13.5. The molecule has 0 spiro atoms. The lowest BCUT2D eigenvalue weighted by Crippen LogP contribution is -2.42. The Balaban J connectivity index is 1.78. The van der Waals surface area contributed by atoms with Crippen LogP contribution >= 0.6 is 0 Å². The number of carbonyl (C=O) groups is 2. The molecule has 0 unspecified atom stereocenters. The second kappa shape index (κ2) is 7.11. The number of para-hydroxylation sites is 2. The number of rotatable bonds is 4. The summed E-state index contributed by atoms with van der Waals surface area (Å²) in [5, 5.41) is 2.76. The van der Waals surface area contributed by atoms with Crippen LogP contribution in [0.4, 0.5) is 11.4 Å². The van der Waals surface area contributed by atoms with Crippen LogP contribution in [0, 0.1) is 6.92 Å². The Morgan fingerprint density at radius 3 is 2.69 bits per heavy atom. The maximum absolute atomic E-state index is 12.7. The van der Waals surface area contributed by atoms with Crippen LogP contribution in [0.15, 0.2) is 29.1 Å². The minimum absolute atomic E-state index is 0.0181. The molecule has 3 rings (SSSR count). The molecule has 7 nitrogen and oxygen atoms in total. The molecule has 2 heterocycles. The van der Waals surface area contributed by atoms with Crippen LogP contribution in [0.3, 0.4) is 0 Å². The summed E-state index contributed by atoms with van der Waals surface area (Å²) in [5.74, 6) is 0.345. The zero-order valence-electron chi connectivity index (χ0n) is 15.1. The highest BCUT2D eigenvalue weighted by Gasteiger charge is 2.26. The molecular formula is C19H22N4O3. The first-order chi connectivity index (χ1) is 12.4. The predicted octanol–water partition coefficient (Wildman–Crippen LogP) is 2.12. The SMILES string of the molecule is Cc1nc(C(C)C)[nH]c(=O)c1CCC(=O)N1CC(=O)Nc2ccccc21. The third-order valence-electron chi connectivity index (χ3n) is 4.45. The van der Waals surface area contributed by atoms with Crippen LogP contribution in [0.5, 0.6) is 0 Å². The molecule has 0 saturated carbocycles. The Hall–Kier alpha value is -2.96. The number of benzene rings is 1. The van der Waals surface area contributed by atoms with Gasteiger partial charge in [-0.1, -0.05) is 26.0 Å². The smallest absolute Gasteiger partial charge is 0.254 e. The van der Waals surface area contributed by atoms with Crippen LogP contribution in [-0.4, -0.2) is 28.3 Å². The number of hydrogen-bond acceptors (Lipinski definition) is 4. The number of nitrogens with zero attached hydrogens (tertiary/aromatic N) is 2. The lowest BCUT2D eigenvalue weighted by atomic mass is 10.1. The molecule has 1 aliphatic heterocycles. The van der Waals surface area contributed by atoms with Gasteiger partial charge in [-0.05, 0) is 25.5 Å². The van der Waals surface area contributed by atoms with E-state index < -0.39 is 0 Å². The summed E-state index contributed by atoms with van der Waals surface area (Å²) in [6, 6.07) is 7.18. The van der Waals surface area contributed by atoms with E-state index in [2.05, 4.69) is 15.3 Å². The van der Waals surface area contributed by atoms with Crippen molar-refractivity contribution in [3.63, 3.8) is 0 Å². The molecule has 26 heavy (non-hydrogen) atoms. The molecule has 136 valence electrons. The first kappa shape index (κ1) is 17.8. The van der Waals surface area contributed by atoms with Gasteiger partial charge < -0.3 is 15.2 Å². The number of carbonyl (C=O) groups excluding carboxylic acids is 2. The minimum Gasteiger partial charge on any atom is -0.323 e. The van der Waals surface area contributed by atoms with E-state index in [0.717, 1.165) is 0 Å². The Labute approximate surface area is 151 Å². The first-order valence-corrected chi connectivity index (χ1v) is 8.65. The summed E-state index contributed by atoms with van der Waals surface area (Å²) >= 11 is 0. The number of fused-ring (bicyclic) bond motifs is 1. The van der Waals surface area contributed by atoms with Crippen molar-refractivity contribution in [2.24, 2.45) is 0 Å². The number of aryl methyl sites for hydroxylation is 1. The number of aromatic nitrogens is 2. The molecule has 2 aromatic rings. The highest BCUT2D eigenvalue weighted by atomic mass is 16.2. The Morgan fingerprint density at radius 1 is 1.27 bits per heavy atom. The van der Waals surface area contributed by atoms with Crippen molar-refractivity contribution in [3.8, 4) is 0 Å². The maximum atomic E-state index is 12.7. The lowest BCUT2D eigenvalue weighted by molar-refractivity contribution is -0.121. The molecule has 1 aromatic carbocycles. The molecule has 1 aliphatic rings. The molecule has 0 fully saturated rings. The van der Waals surface area contributed by atoms with Crippen molar-refractivity contribution in [2.45, 2.75) is 39.5 Å². The molecule has 7 heteroatoms. The van der Waals surface area contributed by atoms with E-state index in [-0.39, 0.29) is 42.7 Å². The number of aromatic amines is 1. The van der Waals surface area contributed by atoms with Crippen LogP contribution < -0.4 is 15.8 Å². The van der Waals surface area contributed by atoms with Crippen molar-refractivity contribution in [1.29, 1.82) is 0 Å². The number of anilines is 2. The molecule has 2 amide bonds. The highest BCUT2D eigenvalue weighted by molar-refractivity contribution is 6.09. The van der Waals surface area contributed by atoms with Gasteiger partial charge in [0.05, 0.1) is 11.4 Å². The zero-order valence-corrected chi connectivity index (χ0v) is 15.1. The number of H-pyrrole nitrogens is 1. The van der Waals surface area contributed by atoms with Gasteiger partial charge in [0.2, 0.25) is 11.8 Å². The minimum atomic E-state index is -0.228. The molecular weight excluding hydrogens is 332 g/mol. The van der Waals surface area contributed by atoms with Gasteiger partial charge in [0, 0.05) is 23.6 Å². The van der Waals surface area contributed by atoms with E-state index in [9.17, 15) is 14.4 Å². The van der Waals surface area contributed by atoms with Gasteiger partial charge in [0.25, 0.3) is 5.56 Å². The van der Waals surface area contributed by atoms with E-state index in [1.807, 2.05) is 19.9 Å². The van der Waals surface area contributed by atoms with Crippen LogP contribution in [0.2, 0.25) is 0 Å². The number of hydrogen-bond donors (Lipinski definition) is 2. The summed E-state index contributed by atoms with van der Waals surface area (Å²) in [6.07, 6.45) is 0.417. The maximum Gasteiger partial charge on any atom is 0.254 e. The van der Waals surface area contributed by atoms with Gasteiger partial charge in [-0.3, -0.25) is 14.4 Å². The number of nitrogens with one attached hydrogen (secondary N) is 2. The molecule has 0 aliphatic carbocycles. The standard InChI is InChI=1S/C19H22N4O3/c1-11(2)18-20-12(3)13(19(26)22-18)8-9-17(25)23-10-16(24)21-14-6-4-5-7-15(14)23/h4-7,11H,8-10H2,1-3H3,(H,21,24)(H,20,22,26). The van der Waals surface area contributed by atoms with E-state index in [1.165, 1.54) is 4.90 Å². The average Bonchev–Trinajstić information content (AvgIpc) is 2.59. The van der Waals surface area contributed by atoms with Crippen LogP contribution in [-0.2, 0) is 16.0 Å². The van der Waals surface area contributed by atoms with E-state index in [4.69, 9.17) is 0 Å². The molecule has 0 saturated heterocycles. The summed E-state index contributed by atoms with van der Waals surface area (Å²) in [6.45, 7) is 5.68. The largest absolute Gasteiger partial charge is 0.323 e. The second-order valence-corrected chi connectivity index (χ2v) is 6.72. The van der Waals surface area contributed by atoms with E-state index in [0.29, 0.717) is 28.5 Å². The quantitative estimate of drug-likeness (QED) is 0.879. The second-order valence-electron chi connectivity index (χ2n) is 6.72. The van der Waals surface area contributed by atoms with Gasteiger partial charge in [-0.2, -0.15) is 0 Å². The summed E-state index contributed by atoms with van der Waals surface area (Å²) < 4.78 is 0. The van der Waals surface area contributed by atoms with Crippen molar-refractivity contribution >= 4 is 23.2 Å². The zero-order chi connectivity index (χ0) is 18.8. The highest BCUT2D eigenvalue weighted by Crippen LogP contribution is 2.29. The average molecular weight is 354 g/mol. The fourth-order valence-corrected chi connectivity index (χ4v) is 3.02. The number of amides is 2. The Kier molecular flexibility index (Phi) is 4.88. The fourth-order valence-electron chi connectivity index (χ4n) is 3.02. The molecule has 2 N–H and O–H groups in total. The van der Waals surface area contributed by atoms with Crippen molar-refractivity contribution < 1.29 is 9.59 Å². The van der Waals surface area contributed by atoms with Gasteiger partial charge in [-0.25, -0.2) is 4.98 Å². The molecule has 1 aromatic heterocycles. The van der Waals surface area contributed by atoms with E-state index >= 15 is 0 Å². The topological polar surface area (TPSA) is 95.2 Å². The van der Waals surface area contributed by atoms with Gasteiger partial charge in [0.15, 0.2) is 0 Å². The van der Waals surface area contributed by atoms with Crippen LogP contribution in [0.25, 0.3) is 0 Å². The molecule has 0 radical (unpaired) electrons. The van der Waals surface area contributed by atoms with Crippen molar-refractivity contribution in [3.05, 3.63) is 51.7 Å². The van der Waals surface area contributed by atoms with E-state index in [1.54, 1.807) is 25.1 Å². The predicted molar refractivity (Wildman–Crippen MR) is 99.4 cm³/mol. The van der Waals surface area contributed by atoms with Crippen molar-refractivity contribution in [1.82, 2.24) is 9.97 Å². The van der Waals surface area contributed by atoms with Crippen LogP contribution in [0.1, 0.15) is 43.3 Å². The van der Waals surface area contributed by atoms with Gasteiger partial charge in [-0.15, -0.1) is 0 Å². The third kappa shape index (κ3) is 3.51. The van der Waals surface area contributed by atoms with Gasteiger partial charge >= 0.3 is 0 Å². The molecule has 0 atom stereocenters. The lowest BCUT2D eigenvalue weighted by Gasteiger charge is -2.29. The third-order valence-corrected chi connectivity index (χ3v) is 4.45. The Morgan fingerprint density at radius 2 is 2.00 bits per heavy atom. The monoisotopic (exact) mass is 354 g/mol. The fraction of sp³-hybridized carbons (Fsp3) is 0.368. The Bertz CT molecular complexity index is 917. The summed E-state index contributed by atoms with van der Waals surface area (Å²) in [5.41, 5.74) is 2.25. The van der Waals surface area contributed by atoms with Gasteiger partial charge in [0.1, 0.15) is 12.4 Å². The summed E-state index contributed by atoms with van der Waals surface area (Å²) in [4.78, 5) is 45.5. The molecule has 0 bridgehead atoms. The summed E-state index contributed by atoms with van der Waals surface area (Å²) in [7, 11) is 0. The first-order valence-electron chi connectivity index (χ1n) is 8.65. The van der Waals surface area contributed by atoms with Crippen molar-refractivity contribution in [2.75, 3.05) is 16.8 Å².